The summed E-state index contributed by atoms with van der Waals surface area (Å²) in [6, 6.07) is 10.2. The lowest BCUT2D eigenvalue weighted by Crippen LogP contribution is -2.55. The zero-order chi connectivity index (χ0) is 11.4. The zero-order valence-corrected chi connectivity index (χ0v) is 9.82. The molecule has 0 aromatic heterocycles. The summed E-state index contributed by atoms with van der Waals surface area (Å²) in [4.78, 5) is 2.09. The smallest absolute Gasteiger partial charge is 0.171 e. The van der Waals surface area contributed by atoms with Gasteiger partial charge in [-0.2, -0.15) is 0 Å². The standard InChI is InChI=1S/C13H20N2O/c1-13(16,15-9-5-6-10-15)14-11-12-7-3-2-4-8-12/h2-4,7-8,14,16H,5-6,9-11H2,1H3. The van der Waals surface area contributed by atoms with Crippen LogP contribution in [0.15, 0.2) is 30.3 Å². The van der Waals surface area contributed by atoms with Gasteiger partial charge in [0.2, 0.25) is 0 Å². The lowest BCUT2D eigenvalue weighted by atomic mass is 10.2. The van der Waals surface area contributed by atoms with Crippen molar-refractivity contribution in [1.29, 1.82) is 0 Å². The quantitative estimate of drug-likeness (QED) is 0.756. The molecule has 0 bridgehead atoms. The van der Waals surface area contributed by atoms with E-state index in [4.69, 9.17) is 0 Å². The molecule has 0 saturated carbocycles. The first-order chi connectivity index (χ1) is 7.68. The van der Waals surface area contributed by atoms with E-state index < -0.39 is 5.85 Å². The first-order valence-electron chi connectivity index (χ1n) is 5.95. The van der Waals surface area contributed by atoms with E-state index in [1.807, 2.05) is 25.1 Å². The van der Waals surface area contributed by atoms with E-state index >= 15 is 0 Å². The molecule has 1 heterocycles. The Morgan fingerprint density at radius 2 is 1.88 bits per heavy atom. The number of hydrogen-bond acceptors (Lipinski definition) is 3. The molecule has 1 fully saturated rings. The molecule has 0 spiro atoms. The van der Waals surface area contributed by atoms with Gasteiger partial charge in [0.05, 0.1) is 0 Å². The minimum absolute atomic E-state index is 0.699. The van der Waals surface area contributed by atoms with Crippen LogP contribution in [-0.4, -0.2) is 28.9 Å². The molecular weight excluding hydrogens is 200 g/mol. The van der Waals surface area contributed by atoms with Crippen LogP contribution in [0.1, 0.15) is 25.3 Å². The highest BCUT2D eigenvalue weighted by molar-refractivity contribution is 5.14. The highest BCUT2D eigenvalue weighted by Crippen LogP contribution is 2.16. The van der Waals surface area contributed by atoms with Crippen molar-refractivity contribution in [2.45, 2.75) is 32.2 Å². The Morgan fingerprint density at radius 3 is 2.50 bits per heavy atom. The molecule has 2 rings (SSSR count). The molecule has 0 radical (unpaired) electrons. The maximum absolute atomic E-state index is 10.3. The molecule has 1 aliphatic rings. The van der Waals surface area contributed by atoms with Crippen molar-refractivity contribution < 1.29 is 5.11 Å². The van der Waals surface area contributed by atoms with E-state index in [2.05, 4.69) is 22.3 Å². The number of aliphatic hydroxyl groups is 1. The van der Waals surface area contributed by atoms with Crippen molar-refractivity contribution in [2.75, 3.05) is 13.1 Å². The number of benzene rings is 1. The van der Waals surface area contributed by atoms with E-state index in [0.29, 0.717) is 6.54 Å². The minimum Gasteiger partial charge on any atom is -0.363 e. The fraction of sp³-hybridized carbons (Fsp3) is 0.538. The summed E-state index contributed by atoms with van der Waals surface area (Å²) in [5.74, 6) is -0.883. The van der Waals surface area contributed by atoms with E-state index in [9.17, 15) is 5.11 Å². The van der Waals surface area contributed by atoms with Gasteiger partial charge in [0, 0.05) is 19.6 Å². The van der Waals surface area contributed by atoms with Crippen LogP contribution in [0.4, 0.5) is 0 Å². The van der Waals surface area contributed by atoms with Gasteiger partial charge < -0.3 is 5.11 Å². The minimum atomic E-state index is -0.883. The average molecular weight is 220 g/mol. The predicted octanol–water partition coefficient (Wildman–Crippen LogP) is 1.54. The van der Waals surface area contributed by atoms with Gasteiger partial charge in [0.15, 0.2) is 5.85 Å². The molecule has 1 unspecified atom stereocenters. The second kappa shape index (κ2) is 4.95. The van der Waals surface area contributed by atoms with Gasteiger partial charge in [0.25, 0.3) is 0 Å². The monoisotopic (exact) mass is 220 g/mol. The van der Waals surface area contributed by atoms with Crippen LogP contribution in [0.2, 0.25) is 0 Å². The Labute approximate surface area is 97.1 Å². The number of rotatable bonds is 4. The van der Waals surface area contributed by atoms with Crippen molar-refractivity contribution in [3.05, 3.63) is 35.9 Å². The van der Waals surface area contributed by atoms with E-state index in [-0.39, 0.29) is 0 Å². The zero-order valence-electron chi connectivity index (χ0n) is 9.82. The molecule has 1 aromatic carbocycles. The van der Waals surface area contributed by atoms with Crippen molar-refractivity contribution in [3.8, 4) is 0 Å². The Hall–Kier alpha value is -0.900. The Bertz CT molecular complexity index is 318. The van der Waals surface area contributed by atoms with Crippen LogP contribution < -0.4 is 5.32 Å². The average Bonchev–Trinajstić information content (AvgIpc) is 2.82. The Balaban J connectivity index is 1.89. The predicted molar refractivity (Wildman–Crippen MR) is 64.7 cm³/mol. The molecule has 0 aliphatic carbocycles. The van der Waals surface area contributed by atoms with Gasteiger partial charge in [-0.1, -0.05) is 30.3 Å². The van der Waals surface area contributed by atoms with Crippen molar-refractivity contribution in [2.24, 2.45) is 0 Å². The molecular formula is C13H20N2O. The van der Waals surface area contributed by atoms with Gasteiger partial charge >= 0.3 is 0 Å². The maximum atomic E-state index is 10.3. The molecule has 1 aromatic rings. The summed E-state index contributed by atoms with van der Waals surface area (Å²) in [6.07, 6.45) is 2.37. The topological polar surface area (TPSA) is 35.5 Å². The van der Waals surface area contributed by atoms with Crippen molar-refractivity contribution in [1.82, 2.24) is 10.2 Å². The Kier molecular flexibility index (Phi) is 3.59. The maximum Gasteiger partial charge on any atom is 0.171 e. The third-order valence-electron chi connectivity index (χ3n) is 3.19. The molecule has 88 valence electrons. The molecule has 1 saturated heterocycles. The summed E-state index contributed by atoms with van der Waals surface area (Å²) in [5, 5.41) is 13.5. The second-order valence-electron chi connectivity index (χ2n) is 4.55. The van der Waals surface area contributed by atoms with Crippen LogP contribution in [0.25, 0.3) is 0 Å². The molecule has 2 N–H and O–H groups in total. The fourth-order valence-corrected chi connectivity index (χ4v) is 2.13. The molecule has 3 nitrogen and oxygen atoms in total. The van der Waals surface area contributed by atoms with Crippen LogP contribution >= 0.6 is 0 Å². The van der Waals surface area contributed by atoms with Crippen molar-refractivity contribution >= 4 is 0 Å². The van der Waals surface area contributed by atoms with Crippen LogP contribution in [0.5, 0.6) is 0 Å². The number of nitrogens with one attached hydrogen (secondary N) is 1. The molecule has 16 heavy (non-hydrogen) atoms. The normalized spacial score (nSPS) is 20.9. The lowest BCUT2D eigenvalue weighted by molar-refractivity contribution is -0.110. The summed E-state index contributed by atoms with van der Waals surface area (Å²) in [7, 11) is 0. The molecule has 1 aliphatic heterocycles. The van der Waals surface area contributed by atoms with Gasteiger partial charge in [0.1, 0.15) is 0 Å². The number of likely N-dealkylation sites (tertiary alicyclic amines) is 1. The van der Waals surface area contributed by atoms with E-state index in [1.54, 1.807) is 0 Å². The van der Waals surface area contributed by atoms with Gasteiger partial charge in [-0.25, -0.2) is 0 Å². The summed E-state index contributed by atoms with van der Waals surface area (Å²) in [5.41, 5.74) is 1.20. The molecule has 1 atom stereocenters. The van der Waals surface area contributed by atoms with Crippen LogP contribution in [-0.2, 0) is 6.54 Å². The van der Waals surface area contributed by atoms with Gasteiger partial charge in [-0.15, -0.1) is 0 Å². The van der Waals surface area contributed by atoms with Crippen LogP contribution in [0, 0.1) is 0 Å². The largest absolute Gasteiger partial charge is 0.363 e. The first-order valence-corrected chi connectivity index (χ1v) is 5.95. The number of hydrogen-bond donors (Lipinski definition) is 2. The van der Waals surface area contributed by atoms with Crippen molar-refractivity contribution in [3.63, 3.8) is 0 Å². The lowest BCUT2D eigenvalue weighted by Gasteiger charge is -2.34. The van der Waals surface area contributed by atoms with E-state index in [1.165, 1.54) is 18.4 Å². The molecule has 0 amide bonds. The third kappa shape index (κ3) is 2.82. The third-order valence-corrected chi connectivity index (χ3v) is 3.19. The first kappa shape index (κ1) is 11.6. The summed E-state index contributed by atoms with van der Waals surface area (Å²) >= 11 is 0. The fourth-order valence-electron chi connectivity index (χ4n) is 2.13. The van der Waals surface area contributed by atoms with E-state index in [0.717, 1.165) is 13.1 Å². The highest BCUT2D eigenvalue weighted by Gasteiger charge is 2.30. The molecule has 3 heteroatoms. The SMILES string of the molecule is CC(O)(NCc1ccccc1)N1CCCC1. The second-order valence-corrected chi connectivity index (χ2v) is 4.55. The highest BCUT2D eigenvalue weighted by atomic mass is 16.3. The summed E-state index contributed by atoms with van der Waals surface area (Å²) in [6.45, 7) is 4.50. The van der Waals surface area contributed by atoms with Gasteiger partial charge in [-0.3, -0.25) is 10.2 Å². The van der Waals surface area contributed by atoms with Crippen LogP contribution in [0.3, 0.4) is 0 Å². The number of nitrogens with zero attached hydrogens (tertiary/aromatic N) is 1. The Morgan fingerprint density at radius 1 is 1.25 bits per heavy atom. The van der Waals surface area contributed by atoms with Gasteiger partial charge in [-0.05, 0) is 25.3 Å². The summed E-state index contributed by atoms with van der Waals surface area (Å²) < 4.78 is 0.